The summed E-state index contributed by atoms with van der Waals surface area (Å²) < 4.78 is 38.8. The zero-order valence-corrected chi connectivity index (χ0v) is 13.5. The highest BCUT2D eigenvalue weighted by atomic mass is 19.4. The third-order valence-electron chi connectivity index (χ3n) is 3.90. The van der Waals surface area contributed by atoms with Crippen LogP contribution in [0.2, 0.25) is 0 Å². The highest BCUT2D eigenvalue weighted by Gasteiger charge is 2.34. The number of nitriles is 1. The number of nitrogens with zero attached hydrogens (tertiary/aromatic N) is 6. The molecule has 0 bridgehead atoms. The number of halogens is 3. The van der Waals surface area contributed by atoms with Gasteiger partial charge in [-0.15, -0.1) is 0 Å². The van der Waals surface area contributed by atoms with E-state index in [1.165, 1.54) is 6.92 Å². The SMILES string of the molecule is Cc1cc(C(F)(F)F)nc(N2CCN(c3ncccc3C#N)CC2)n1. The molecule has 0 spiro atoms. The van der Waals surface area contributed by atoms with Crippen LogP contribution in [0.15, 0.2) is 24.4 Å². The zero-order valence-electron chi connectivity index (χ0n) is 13.5. The van der Waals surface area contributed by atoms with Crippen LogP contribution >= 0.6 is 0 Å². The molecule has 2 aromatic heterocycles. The monoisotopic (exact) mass is 348 g/mol. The summed E-state index contributed by atoms with van der Waals surface area (Å²) in [6.45, 7) is 3.45. The van der Waals surface area contributed by atoms with Crippen molar-refractivity contribution >= 4 is 11.8 Å². The predicted octanol–water partition coefficient (Wildman–Crippen LogP) is 2.40. The van der Waals surface area contributed by atoms with E-state index in [0.717, 1.165) is 6.07 Å². The minimum absolute atomic E-state index is 0.0773. The van der Waals surface area contributed by atoms with Crippen molar-refractivity contribution in [2.24, 2.45) is 0 Å². The number of aryl methyl sites for hydroxylation is 1. The Morgan fingerprint density at radius 3 is 2.44 bits per heavy atom. The van der Waals surface area contributed by atoms with Gasteiger partial charge in [-0.25, -0.2) is 15.0 Å². The van der Waals surface area contributed by atoms with E-state index in [9.17, 15) is 13.2 Å². The van der Waals surface area contributed by atoms with Gasteiger partial charge in [0, 0.05) is 38.1 Å². The molecule has 1 aliphatic heterocycles. The van der Waals surface area contributed by atoms with Crippen LogP contribution in [0.3, 0.4) is 0 Å². The van der Waals surface area contributed by atoms with Crippen LogP contribution in [-0.4, -0.2) is 41.1 Å². The van der Waals surface area contributed by atoms with Gasteiger partial charge in [-0.05, 0) is 25.1 Å². The standard InChI is InChI=1S/C16H15F3N6/c1-11-9-13(16(17,18)19)23-15(22-11)25-7-5-24(6-8-25)14-12(10-20)3-2-4-21-14/h2-4,9H,5-8H2,1H3. The summed E-state index contributed by atoms with van der Waals surface area (Å²) in [4.78, 5) is 15.7. The Bertz CT molecular complexity index is 806. The Hall–Kier alpha value is -2.89. The second-order valence-corrected chi connectivity index (χ2v) is 5.65. The molecule has 0 aliphatic carbocycles. The Morgan fingerprint density at radius 1 is 1.12 bits per heavy atom. The fourth-order valence-corrected chi connectivity index (χ4v) is 2.69. The number of anilines is 2. The van der Waals surface area contributed by atoms with Gasteiger partial charge in [0.05, 0.1) is 5.56 Å². The zero-order chi connectivity index (χ0) is 18.0. The van der Waals surface area contributed by atoms with Crippen LogP contribution < -0.4 is 9.80 Å². The predicted molar refractivity (Wildman–Crippen MR) is 85.1 cm³/mol. The van der Waals surface area contributed by atoms with E-state index >= 15 is 0 Å². The summed E-state index contributed by atoms with van der Waals surface area (Å²) in [5, 5.41) is 9.16. The van der Waals surface area contributed by atoms with Crippen molar-refractivity contribution in [3.63, 3.8) is 0 Å². The molecule has 0 radical (unpaired) electrons. The van der Waals surface area contributed by atoms with Crippen LogP contribution in [0.1, 0.15) is 17.0 Å². The summed E-state index contributed by atoms with van der Waals surface area (Å²) in [6.07, 6.45) is -2.89. The van der Waals surface area contributed by atoms with Crippen LogP contribution in [-0.2, 0) is 6.18 Å². The van der Waals surface area contributed by atoms with Gasteiger partial charge < -0.3 is 9.80 Å². The summed E-state index contributed by atoms with van der Waals surface area (Å²) in [5.41, 5.74) is -0.188. The lowest BCUT2D eigenvalue weighted by atomic mass is 10.2. The Labute approximate surface area is 142 Å². The molecule has 6 nitrogen and oxygen atoms in total. The first-order valence-corrected chi connectivity index (χ1v) is 7.66. The molecule has 2 aromatic rings. The second kappa shape index (κ2) is 6.55. The molecule has 0 N–H and O–H groups in total. The number of hydrogen-bond donors (Lipinski definition) is 0. The molecule has 3 rings (SSSR count). The lowest BCUT2D eigenvalue weighted by molar-refractivity contribution is -0.141. The molecule has 9 heteroatoms. The van der Waals surface area contributed by atoms with Crippen molar-refractivity contribution in [1.82, 2.24) is 15.0 Å². The van der Waals surface area contributed by atoms with Gasteiger partial charge in [0.15, 0.2) is 0 Å². The molecular formula is C16H15F3N6. The second-order valence-electron chi connectivity index (χ2n) is 5.65. The maximum absolute atomic E-state index is 12.9. The van der Waals surface area contributed by atoms with Gasteiger partial charge >= 0.3 is 6.18 Å². The normalized spacial score (nSPS) is 15.2. The lowest BCUT2D eigenvalue weighted by Gasteiger charge is -2.35. The number of pyridine rings is 1. The molecule has 3 heterocycles. The summed E-state index contributed by atoms with van der Waals surface area (Å²) in [5.74, 6) is 0.666. The van der Waals surface area contributed by atoms with Crippen LogP contribution in [0.4, 0.5) is 24.9 Å². The number of piperazine rings is 1. The fraction of sp³-hybridized carbons (Fsp3) is 0.375. The van der Waals surface area contributed by atoms with Gasteiger partial charge in [0.25, 0.3) is 0 Å². The minimum Gasteiger partial charge on any atom is -0.352 e. The third-order valence-corrected chi connectivity index (χ3v) is 3.90. The lowest BCUT2D eigenvalue weighted by Crippen LogP contribution is -2.47. The van der Waals surface area contributed by atoms with E-state index in [4.69, 9.17) is 5.26 Å². The Morgan fingerprint density at radius 2 is 1.80 bits per heavy atom. The molecule has 25 heavy (non-hydrogen) atoms. The average Bonchev–Trinajstić information content (AvgIpc) is 2.60. The van der Waals surface area contributed by atoms with Crippen molar-refractivity contribution < 1.29 is 13.2 Å². The van der Waals surface area contributed by atoms with Crippen LogP contribution in [0.5, 0.6) is 0 Å². The third kappa shape index (κ3) is 3.63. The quantitative estimate of drug-likeness (QED) is 0.830. The van der Waals surface area contributed by atoms with Crippen molar-refractivity contribution in [3.8, 4) is 6.07 Å². The largest absolute Gasteiger partial charge is 0.433 e. The highest BCUT2D eigenvalue weighted by molar-refractivity contribution is 5.54. The highest BCUT2D eigenvalue weighted by Crippen LogP contribution is 2.29. The molecule has 0 amide bonds. The smallest absolute Gasteiger partial charge is 0.352 e. The van der Waals surface area contributed by atoms with Crippen LogP contribution in [0, 0.1) is 18.3 Å². The molecule has 0 atom stereocenters. The topological polar surface area (TPSA) is 68.9 Å². The number of alkyl halides is 3. The van der Waals surface area contributed by atoms with Crippen molar-refractivity contribution in [2.75, 3.05) is 36.0 Å². The number of hydrogen-bond acceptors (Lipinski definition) is 6. The minimum atomic E-state index is -4.50. The molecule has 0 saturated carbocycles. The first-order valence-electron chi connectivity index (χ1n) is 7.66. The number of rotatable bonds is 2. The van der Waals surface area contributed by atoms with Crippen LogP contribution in [0.25, 0.3) is 0 Å². The maximum atomic E-state index is 12.9. The number of aromatic nitrogens is 3. The average molecular weight is 348 g/mol. The van der Waals surface area contributed by atoms with Gasteiger partial charge in [-0.1, -0.05) is 0 Å². The van der Waals surface area contributed by atoms with E-state index in [-0.39, 0.29) is 11.6 Å². The van der Waals surface area contributed by atoms with Gasteiger partial charge in [0.1, 0.15) is 17.6 Å². The molecule has 1 aliphatic rings. The first kappa shape index (κ1) is 17.0. The Kier molecular flexibility index (Phi) is 4.44. The summed E-state index contributed by atoms with van der Waals surface area (Å²) >= 11 is 0. The molecule has 1 saturated heterocycles. The Balaban J connectivity index is 1.77. The molecule has 0 unspecified atom stereocenters. The molecule has 130 valence electrons. The van der Waals surface area contributed by atoms with E-state index in [2.05, 4.69) is 21.0 Å². The van der Waals surface area contributed by atoms with Crippen molar-refractivity contribution in [2.45, 2.75) is 13.1 Å². The van der Waals surface area contributed by atoms with Gasteiger partial charge in [-0.2, -0.15) is 18.4 Å². The molecule has 0 aromatic carbocycles. The van der Waals surface area contributed by atoms with E-state index in [0.29, 0.717) is 37.6 Å². The fourth-order valence-electron chi connectivity index (χ4n) is 2.69. The van der Waals surface area contributed by atoms with Gasteiger partial charge in [-0.3, -0.25) is 0 Å². The van der Waals surface area contributed by atoms with Crippen molar-refractivity contribution in [3.05, 3.63) is 41.3 Å². The summed E-state index contributed by atoms with van der Waals surface area (Å²) in [7, 11) is 0. The maximum Gasteiger partial charge on any atom is 0.433 e. The van der Waals surface area contributed by atoms with E-state index in [1.807, 2.05) is 4.90 Å². The van der Waals surface area contributed by atoms with Gasteiger partial charge in [0.2, 0.25) is 5.95 Å². The van der Waals surface area contributed by atoms with E-state index in [1.54, 1.807) is 23.2 Å². The summed E-state index contributed by atoms with van der Waals surface area (Å²) in [6, 6.07) is 6.42. The molecular weight excluding hydrogens is 333 g/mol. The van der Waals surface area contributed by atoms with Crippen molar-refractivity contribution in [1.29, 1.82) is 5.26 Å². The first-order chi connectivity index (χ1) is 11.9. The molecule has 1 fully saturated rings. The van der Waals surface area contributed by atoms with E-state index < -0.39 is 11.9 Å².